The fraction of sp³-hybridized carbons (Fsp3) is 0.0833. The van der Waals surface area contributed by atoms with Gasteiger partial charge >= 0.3 is 0 Å². The molecular formula is C12H10N4OS. The van der Waals surface area contributed by atoms with Crippen molar-refractivity contribution in [2.45, 2.75) is 6.92 Å². The Labute approximate surface area is 108 Å². The molecule has 0 spiro atoms. The maximum Gasteiger partial charge on any atom is 0.215 e. The van der Waals surface area contributed by atoms with Gasteiger partial charge in [0, 0.05) is 23.5 Å². The highest BCUT2D eigenvalue weighted by molar-refractivity contribution is 7.71. The maximum atomic E-state index is 9.64. The number of nitrogens with one attached hydrogen (secondary N) is 2. The van der Waals surface area contributed by atoms with Gasteiger partial charge in [-0.15, -0.1) is 0 Å². The molecule has 0 aliphatic carbocycles. The van der Waals surface area contributed by atoms with Crippen LogP contribution >= 0.6 is 12.2 Å². The topological polar surface area (TPSA) is 77.1 Å². The number of allylic oxidation sites excluding steroid dienone is 1. The molecule has 2 aromatic rings. The van der Waals surface area contributed by atoms with E-state index in [4.69, 9.17) is 12.2 Å². The molecule has 0 saturated carbocycles. The van der Waals surface area contributed by atoms with Crippen LogP contribution in [-0.2, 0) is 0 Å². The van der Waals surface area contributed by atoms with E-state index in [-0.39, 0.29) is 5.88 Å². The fourth-order valence-electron chi connectivity index (χ4n) is 1.84. The third-order valence-corrected chi connectivity index (χ3v) is 2.88. The lowest BCUT2D eigenvalue weighted by molar-refractivity contribution is 0.455. The molecule has 0 amide bonds. The minimum atomic E-state index is 0.0231. The lowest BCUT2D eigenvalue weighted by Crippen LogP contribution is -1.85. The first-order valence-corrected chi connectivity index (χ1v) is 5.78. The van der Waals surface area contributed by atoms with Gasteiger partial charge in [0.2, 0.25) is 5.88 Å². The molecular weight excluding hydrogens is 248 g/mol. The summed E-state index contributed by atoms with van der Waals surface area (Å²) in [6.45, 7) is 1.98. The summed E-state index contributed by atoms with van der Waals surface area (Å²) in [6, 6.07) is 2.01. The molecule has 2 aromatic heterocycles. The van der Waals surface area contributed by atoms with E-state index in [1.165, 1.54) is 0 Å². The molecule has 0 bridgehead atoms. The van der Waals surface area contributed by atoms with Crippen LogP contribution in [0.1, 0.15) is 16.8 Å². The summed E-state index contributed by atoms with van der Waals surface area (Å²) in [5.74, 6) is 0.718. The quantitative estimate of drug-likeness (QED) is 0.688. The predicted molar refractivity (Wildman–Crippen MR) is 72.6 cm³/mol. The second-order valence-corrected chi connectivity index (χ2v) is 4.49. The van der Waals surface area contributed by atoms with Gasteiger partial charge in [-0.25, -0.2) is 9.98 Å². The number of hydrogen-bond acceptors (Lipinski definition) is 4. The fourth-order valence-corrected chi connectivity index (χ4v) is 2.05. The van der Waals surface area contributed by atoms with Crippen LogP contribution in [0, 0.1) is 11.7 Å². The number of imidazole rings is 1. The van der Waals surface area contributed by atoms with Crippen molar-refractivity contribution < 1.29 is 5.11 Å². The van der Waals surface area contributed by atoms with Crippen molar-refractivity contribution in [1.29, 1.82) is 0 Å². The van der Waals surface area contributed by atoms with E-state index in [1.54, 1.807) is 18.5 Å². The van der Waals surface area contributed by atoms with Crippen LogP contribution < -0.4 is 0 Å². The predicted octanol–water partition coefficient (Wildman–Crippen LogP) is 2.74. The average Bonchev–Trinajstić information content (AvgIpc) is 2.84. The van der Waals surface area contributed by atoms with Crippen molar-refractivity contribution in [3.05, 3.63) is 33.9 Å². The van der Waals surface area contributed by atoms with Crippen LogP contribution in [0.2, 0.25) is 0 Å². The van der Waals surface area contributed by atoms with Gasteiger partial charge in [-0.3, -0.25) is 0 Å². The summed E-state index contributed by atoms with van der Waals surface area (Å²) in [7, 11) is 0. The van der Waals surface area contributed by atoms with Gasteiger partial charge in [-0.1, -0.05) is 0 Å². The first kappa shape index (κ1) is 10.9. The third-order valence-electron chi connectivity index (χ3n) is 2.68. The van der Waals surface area contributed by atoms with Gasteiger partial charge in [0.1, 0.15) is 5.69 Å². The summed E-state index contributed by atoms with van der Waals surface area (Å²) in [5.41, 5.74) is 3.45. The Morgan fingerprint density at radius 3 is 2.94 bits per heavy atom. The number of fused-ring (bicyclic) bond motifs is 1. The number of rotatable bonds is 1. The highest BCUT2D eigenvalue weighted by Crippen LogP contribution is 2.31. The van der Waals surface area contributed by atoms with Crippen LogP contribution in [0.15, 0.2) is 17.3 Å². The van der Waals surface area contributed by atoms with E-state index in [0.717, 1.165) is 16.7 Å². The lowest BCUT2D eigenvalue weighted by atomic mass is 10.1. The van der Waals surface area contributed by atoms with Crippen molar-refractivity contribution in [2.24, 2.45) is 4.99 Å². The lowest BCUT2D eigenvalue weighted by Gasteiger charge is -2.00. The van der Waals surface area contributed by atoms with E-state index in [9.17, 15) is 5.11 Å². The summed E-state index contributed by atoms with van der Waals surface area (Å²) in [4.78, 5) is 14.0. The molecule has 3 rings (SSSR count). The number of hydrogen-bond donors (Lipinski definition) is 3. The largest absolute Gasteiger partial charge is 0.493 e. The standard InChI is InChI=1S/C12H10N4OS/c1-6-2-8-7(5-14-10(8)13-4-6)3-9-11(17)16-12(18)15-9/h2-5,17H,1H3,(H2,15,16,18). The van der Waals surface area contributed by atoms with Crippen LogP contribution in [-0.4, -0.2) is 26.3 Å². The number of H-pyrrole nitrogens is 2. The van der Waals surface area contributed by atoms with Gasteiger partial charge in [0.15, 0.2) is 10.6 Å². The van der Waals surface area contributed by atoms with Gasteiger partial charge in [-0.05, 0) is 36.8 Å². The highest BCUT2D eigenvalue weighted by Gasteiger charge is 2.14. The highest BCUT2D eigenvalue weighted by atomic mass is 32.1. The number of aromatic hydroxyl groups is 1. The summed E-state index contributed by atoms with van der Waals surface area (Å²) >= 11 is 4.91. The van der Waals surface area contributed by atoms with E-state index >= 15 is 0 Å². The number of aliphatic imine (C=N–C) groups is 1. The molecule has 0 saturated heterocycles. The van der Waals surface area contributed by atoms with E-state index in [2.05, 4.69) is 19.9 Å². The summed E-state index contributed by atoms with van der Waals surface area (Å²) in [5, 5.41) is 9.64. The summed E-state index contributed by atoms with van der Waals surface area (Å²) in [6.07, 6.45) is 5.29. The average molecular weight is 258 g/mol. The Morgan fingerprint density at radius 1 is 1.39 bits per heavy atom. The van der Waals surface area contributed by atoms with E-state index in [1.807, 2.05) is 13.0 Å². The monoisotopic (exact) mass is 258 g/mol. The zero-order valence-corrected chi connectivity index (χ0v) is 10.4. The van der Waals surface area contributed by atoms with Crippen LogP contribution in [0.25, 0.3) is 11.6 Å². The molecule has 0 fully saturated rings. The minimum Gasteiger partial charge on any atom is -0.493 e. The molecule has 1 aliphatic heterocycles. The molecule has 18 heavy (non-hydrogen) atoms. The number of aryl methyl sites for hydroxylation is 1. The second-order valence-electron chi connectivity index (χ2n) is 4.08. The molecule has 90 valence electrons. The van der Waals surface area contributed by atoms with E-state index in [0.29, 0.717) is 16.3 Å². The van der Waals surface area contributed by atoms with Crippen LogP contribution in [0.4, 0.5) is 5.82 Å². The van der Waals surface area contributed by atoms with Crippen molar-refractivity contribution in [2.75, 3.05) is 0 Å². The molecule has 3 heterocycles. The Hall–Kier alpha value is -2.21. The Kier molecular flexibility index (Phi) is 2.38. The molecule has 1 aliphatic rings. The smallest absolute Gasteiger partial charge is 0.215 e. The Balaban J connectivity index is 2.11. The van der Waals surface area contributed by atoms with Gasteiger partial charge in [0.25, 0.3) is 0 Å². The van der Waals surface area contributed by atoms with Gasteiger partial charge in [-0.2, -0.15) is 0 Å². The molecule has 0 aromatic carbocycles. The zero-order valence-electron chi connectivity index (χ0n) is 9.56. The summed E-state index contributed by atoms with van der Waals surface area (Å²) < 4.78 is 0.386. The Morgan fingerprint density at radius 2 is 2.22 bits per heavy atom. The first-order valence-electron chi connectivity index (χ1n) is 5.37. The molecule has 0 atom stereocenters. The Bertz CT molecular complexity index is 739. The number of aromatic nitrogens is 3. The van der Waals surface area contributed by atoms with Crippen molar-refractivity contribution in [3.8, 4) is 5.88 Å². The molecule has 0 radical (unpaired) electrons. The maximum absolute atomic E-state index is 9.64. The number of aromatic amines is 2. The van der Waals surface area contributed by atoms with Crippen LogP contribution in [0.5, 0.6) is 5.88 Å². The van der Waals surface area contributed by atoms with Gasteiger partial charge < -0.3 is 15.1 Å². The van der Waals surface area contributed by atoms with Crippen molar-refractivity contribution >= 4 is 35.9 Å². The molecule has 6 heteroatoms. The second kappa shape index (κ2) is 3.92. The number of nitrogens with zero attached hydrogens (tertiary/aromatic N) is 2. The third kappa shape index (κ3) is 1.76. The number of pyridine rings is 1. The normalized spacial score (nSPS) is 15.3. The molecule has 0 unspecified atom stereocenters. The minimum absolute atomic E-state index is 0.0231. The molecule has 3 N–H and O–H groups in total. The van der Waals surface area contributed by atoms with Crippen LogP contribution in [0.3, 0.4) is 0 Å². The first-order chi connectivity index (χ1) is 8.63. The van der Waals surface area contributed by atoms with Crippen molar-refractivity contribution in [1.82, 2.24) is 15.0 Å². The zero-order chi connectivity index (χ0) is 12.7. The van der Waals surface area contributed by atoms with Crippen molar-refractivity contribution in [3.63, 3.8) is 0 Å². The molecule has 5 nitrogen and oxygen atoms in total. The van der Waals surface area contributed by atoms with E-state index < -0.39 is 0 Å². The van der Waals surface area contributed by atoms with Gasteiger partial charge in [0.05, 0.1) is 0 Å². The SMILES string of the molecule is Cc1cnc2c(c1)C(=Cc1[nH]c(=S)[nH]c1O)C=N2.